The van der Waals surface area contributed by atoms with Gasteiger partial charge in [0.15, 0.2) is 0 Å². The number of halogens is 11. The van der Waals surface area contributed by atoms with E-state index in [1.165, 1.54) is 24.3 Å². The van der Waals surface area contributed by atoms with E-state index in [-0.39, 0.29) is 5.56 Å². The van der Waals surface area contributed by atoms with Crippen molar-refractivity contribution in [3.63, 3.8) is 0 Å². The fraction of sp³-hybridized carbons (Fsp3) is 0.357. The number of carbonyl (C=O) groups excluding carboxylic acids is 1. The molecule has 0 fully saturated rings. The molecule has 1 N–H and O–H groups in total. The number of hydrogen-bond acceptors (Lipinski definition) is 1. The fourth-order valence-corrected chi connectivity index (χ4v) is 2.58. The van der Waals surface area contributed by atoms with Gasteiger partial charge >= 0.3 is 18.3 Å². The smallest absolute Gasteiger partial charge is 0.348 e. The van der Waals surface area contributed by atoms with E-state index >= 15 is 0 Å². The molecule has 2 nitrogen and oxygen atoms in total. The van der Waals surface area contributed by atoms with Gasteiger partial charge in [-0.1, -0.05) is 15.9 Å². The topological polar surface area (TPSA) is 29.1 Å². The minimum Gasteiger partial charge on any atom is -0.348 e. The number of alkyl halides is 9. The van der Waals surface area contributed by atoms with Crippen molar-refractivity contribution in [3.8, 4) is 0 Å². The molecule has 27 heavy (non-hydrogen) atoms. The van der Waals surface area contributed by atoms with E-state index in [2.05, 4.69) is 15.9 Å². The summed E-state index contributed by atoms with van der Waals surface area (Å²) in [5.74, 6) is -7.59. The average Bonchev–Trinajstić information content (AvgIpc) is 2.50. The predicted molar refractivity (Wildman–Crippen MR) is 89.5 cm³/mol. The summed E-state index contributed by atoms with van der Waals surface area (Å²) in [6.07, 6.45) is -14.2. The van der Waals surface area contributed by atoms with Crippen LogP contribution in [0.1, 0.15) is 10.4 Å². The van der Waals surface area contributed by atoms with Crippen molar-refractivity contribution in [3.05, 3.63) is 44.0 Å². The van der Waals surface area contributed by atoms with Crippen LogP contribution in [0.4, 0.5) is 39.5 Å². The van der Waals surface area contributed by atoms with Crippen LogP contribution in [-0.4, -0.2) is 36.4 Å². The first-order chi connectivity index (χ1) is 12.0. The first-order valence-electron chi connectivity index (χ1n) is 6.64. The Labute approximate surface area is 168 Å². The van der Waals surface area contributed by atoms with Gasteiger partial charge in [-0.25, -0.2) is 4.39 Å². The first-order valence-corrected chi connectivity index (χ1v) is 8.51. The largest absolute Gasteiger partial charge is 0.457 e. The first kappa shape index (κ1) is 24.0. The molecule has 1 amide bonds. The van der Waals surface area contributed by atoms with Crippen molar-refractivity contribution in [1.82, 2.24) is 5.32 Å². The van der Waals surface area contributed by atoms with Crippen LogP contribution in [0.25, 0.3) is 0 Å². The maximum Gasteiger partial charge on any atom is 0.457 e. The number of amides is 1. The van der Waals surface area contributed by atoms with Crippen LogP contribution in [0.15, 0.2) is 38.4 Å². The lowest BCUT2D eigenvalue weighted by molar-refractivity contribution is -0.369. The van der Waals surface area contributed by atoms with Gasteiger partial charge in [-0.2, -0.15) is 35.1 Å². The Balaban J connectivity index is 3.08. The van der Waals surface area contributed by atoms with Crippen LogP contribution < -0.4 is 5.32 Å². The maximum absolute atomic E-state index is 13.9. The summed E-state index contributed by atoms with van der Waals surface area (Å²) in [6.45, 7) is -0.898. The molecule has 1 rings (SSSR count). The van der Waals surface area contributed by atoms with Crippen molar-refractivity contribution in [1.29, 1.82) is 0 Å². The lowest BCUT2D eigenvalue weighted by Gasteiger charge is -2.34. The van der Waals surface area contributed by atoms with Crippen LogP contribution in [0, 0.1) is 0 Å². The van der Waals surface area contributed by atoms with Crippen LogP contribution >= 0.6 is 38.5 Å². The van der Waals surface area contributed by atoms with E-state index < -0.39 is 46.1 Å². The van der Waals surface area contributed by atoms with E-state index in [9.17, 15) is 44.3 Å². The molecule has 152 valence electrons. The number of hydrogen-bond donors (Lipinski definition) is 1. The molecule has 13 heteroatoms. The summed E-state index contributed by atoms with van der Waals surface area (Å²) in [5.41, 5.74) is -5.97. The Morgan fingerprint density at radius 2 is 1.44 bits per heavy atom. The molecule has 0 saturated heterocycles. The van der Waals surface area contributed by atoms with Crippen molar-refractivity contribution >= 4 is 44.4 Å². The zero-order valence-electron chi connectivity index (χ0n) is 12.7. The molecule has 0 aliphatic rings. The highest BCUT2D eigenvalue weighted by Crippen LogP contribution is 2.54. The molecule has 0 aliphatic carbocycles. The number of rotatable bonds is 5. The van der Waals surface area contributed by atoms with Gasteiger partial charge in [0.25, 0.3) is 11.6 Å². The molecule has 0 spiro atoms. The number of benzene rings is 1. The average molecular weight is 584 g/mol. The third-order valence-electron chi connectivity index (χ3n) is 3.11. The van der Waals surface area contributed by atoms with Crippen molar-refractivity contribution in [2.45, 2.75) is 23.9 Å². The van der Waals surface area contributed by atoms with Crippen LogP contribution in [-0.2, 0) is 0 Å². The summed E-state index contributed by atoms with van der Waals surface area (Å²) < 4.78 is 115. The van der Waals surface area contributed by atoms with E-state index in [4.69, 9.17) is 0 Å². The number of nitrogens with one attached hydrogen (secondary N) is 1. The van der Waals surface area contributed by atoms with Crippen molar-refractivity contribution < 1.29 is 44.3 Å². The molecule has 1 aromatic carbocycles. The highest BCUT2D eigenvalue weighted by Gasteiger charge is 2.80. The van der Waals surface area contributed by atoms with Gasteiger partial charge < -0.3 is 5.32 Å². The molecule has 0 bridgehead atoms. The number of carbonyl (C=O) groups is 1. The minimum absolute atomic E-state index is 0.0327. The minimum atomic E-state index is -6.79. The highest BCUT2D eigenvalue weighted by molar-refractivity contribution is 14.1. The van der Waals surface area contributed by atoms with Crippen LogP contribution in [0.5, 0.6) is 0 Å². The zero-order chi connectivity index (χ0) is 21.3. The Bertz CT molecular complexity index is 715. The molecule has 1 aromatic rings. The molecular formula is C14H8BrF9INO. The van der Waals surface area contributed by atoms with Crippen LogP contribution in [0.2, 0.25) is 0 Å². The number of allylic oxidation sites excluding steroid dienone is 1. The lowest BCUT2D eigenvalue weighted by atomic mass is 9.95. The summed E-state index contributed by atoms with van der Waals surface area (Å²) in [7, 11) is 0. The van der Waals surface area contributed by atoms with Gasteiger partial charge in [-0.3, -0.25) is 4.79 Å². The normalized spacial score (nSPS) is 16.0. The molecular weight excluding hydrogens is 576 g/mol. The van der Waals surface area contributed by atoms with Gasteiger partial charge in [-0.15, -0.1) is 0 Å². The van der Waals surface area contributed by atoms with E-state index in [0.717, 1.165) is 22.6 Å². The fourth-order valence-electron chi connectivity index (χ4n) is 1.69. The standard InChI is InChI=1S/C14H8BrF9INO/c15-8-3-1-7(2-4-8)10(27)26-6-9(25)5-11(16,13(19,20)21)12(17,18)14(22,23)24/h1-5H,6H2,(H,26,27). The third kappa shape index (κ3) is 5.29. The third-order valence-corrected chi connectivity index (χ3v) is 4.33. The summed E-state index contributed by atoms with van der Waals surface area (Å²) in [5, 5.41) is 1.99. The van der Waals surface area contributed by atoms with Crippen molar-refractivity contribution in [2.75, 3.05) is 6.54 Å². The molecule has 0 aromatic heterocycles. The van der Waals surface area contributed by atoms with Gasteiger partial charge in [-0.05, 0) is 52.9 Å². The zero-order valence-corrected chi connectivity index (χ0v) is 16.4. The Morgan fingerprint density at radius 1 is 0.963 bits per heavy atom. The Hall–Kier alpha value is -0.990. The van der Waals surface area contributed by atoms with Crippen LogP contribution in [0.3, 0.4) is 0 Å². The molecule has 0 saturated carbocycles. The Kier molecular flexibility index (Phi) is 7.28. The molecule has 1 atom stereocenters. The summed E-state index contributed by atoms with van der Waals surface area (Å²) in [6, 6.07) is 5.53. The molecule has 0 aliphatic heterocycles. The van der Waals surface area contributed by atoms with E-state index in [0.29, 0.717) is 4.47 Å². The molecule has 0 radical (unpaired) electrons. The monoisotopic (exact) mass is 583 g/mol. The van der Waals surface area contributed by atoms with Gasteiger partial charge in [0, 0.05) is 20.2 Å². The second kappa shape index (κ2) is 8.17. The van der Waals surface area contributed by atoms with Crippen molar-refractivity contribution in [2.24, 2.45) is 0 Å². The van der Waals surface area contributed by atoms with Gasteiger partial charge in [0.1, 0.15) is 0 Å². The molecule has 0 heterocycles. The Morgan fingerprint density at radius 3 is 1.85 bits per heavy atom. The summed E-state index contributed by atoms with van der Waals surface area (Å²) in [4.78, 5) is 11.8. The second-order valence-corrected chi connectivity index (χ2v) is 7.36. The lowest BCUT2D eigenvalue weighted by Crippen LogP contribution is -2.61. The SMILES string of the molecule is O=C(NCC(I)=CC(F)(C(F)(F)F)C(F)(F)C(F)(F)F)c1ccc(Br)cc1. The predicted octanol–water partition coefficient (Wildman–Crippen LogP) is 5.97. The van der Waals surface area contributed by atoms with E-state index in [1.807, 2.05) is 5.32 Å². The maximum atomic E-state index is 13.9. The highest BCUT2D eigenvalue weighted by atomic mass is 127. The van der Waals surface area contributed by atoms with Gasteiger partial charge in [0.2, 0.25) is 0 Å². The summed E-state index contributed by atoms with van der Waals surface area (Å²) >= 11 is 4.02. The second-order valence-electron chi connectivity index (χ2n) is 5.06. The molecule has 1 unspecified atom stereocenters. The van der Waals surface area contributed by atoms with Gasteiger partial charge in [0.05, 0.1) is 0 Å². The quantitative estimate of drug-likeness (QED) is 0.336. The van der Waals surface area contributed by atoms with E-state index in [1.54, 1.807) is 0 Å².